The van der Waals surface area contributed by atoms with Gasteiger partial charge in [-0.25, -0.2) is 8.42 Å². The summed E-state index contributed by atoms with van der Waals surface area (Å²) in [5, 5.41) is 18.4. The third kappa shape index (κ3) is 3.24. The number of aliphatic hydroxyl groups excluding tert-OH is 1. The van der Waals surface area contributed by atoms with Crippen molar-refractivity contribution in [3.8, 4) is 6.07 Å². The van der Waals surface area contributed by atoms with E-state index in [4.69, 9.17) is 10.00 Å². The summed E-state index contributed by atoms with van der Waals surface area (Å²) in [5.41, 5.74) is -0.581. The van der Waals surface area contributed by atoms with Gasteiger partial charge in [-0.1, -0.05) is 12.1 Å². The van der Waals surface area contributed by atoms with Gasteiger partial charge in [-0.2, -0.15) is 9.57 Å². The standard InChI is InChI=1S/C14H18N2O4S/c1-14(2)10-16(8-12(9-17)20-14)21(18,19)13-6-4-3-5-11(13)7-15/h3-6,12,17H,8-10H2,1-2H3. The van der Waals surface area contributed by atoms with E-state index in [0.29, 0.717) is 0 Å². The quantitative estimate of drug-likeness (QED) is 0.888. The summed E-state index contributed by atoms with van der Waals surface area (Å²) < 4.78 is 32.4. The summed E-state index contributed by atoms with van der Waals surface area (Å²) in [4.78, 5) is -0.0121. The molecule has 1 atom stereocenters. The SMILES string of the molecule is CC1(C)CN(S(=O)(=O)c2ccccc2C#N)CC(CO)O1. The summed E-state index contributed by atoms with van der Waals surface area (Å²) in [6.07, 6.45) is -0.572. The van der Waals surface area contributed by atoms with Crippen molar-refractivity contribution in [3.63, 3.8) is 0 Å². The fraction of sp³-hybridized carbons (Fsp3) is 0.500. The van der Waals surface area contributed by atoms with Crippen LogP contribution in [0.5, 0.6) is 0 Å². The zero-order valence-electron chi connectivity index (χ0n) is 12.0. The molecule has 1 unspecified atom stereocenters. The van der Waals surface area contributed by atoms with Crippen LogP contribution in [0.25, 0.3) is 0 Å². The van der Waals surface area contributed by atoms with Crippen LogP contribution < -0.4 is 0 Å². The van der Waals surface area contributed by atoms with E-state index in [9.17, 15) is 13.5 Å². The highest BCUT2D eigenvalue weighted by Crippen LogP contribution is 2.27. The van der Waals surface area contributed by atoms with Crippen LogP contribution in [0.4, 0.5) is 0 Å². The molecule has 1 N–H and O–H groups in total. The molecule has 0 spiro atoms. The molecule has 1 aliphatic rings. The maximum Gasteiger partial charge on any atom is 0.244 e. The summed E-state index contributed by atoms with van der Waals surface area (Å²) in [6.45, 7) is 3.53. The van der Waals surface area contributed by atoms with E-state index in [2.05, 4.69) is 0 Å². The Morgan fingerprint density at radius 1 is 1.48 bits per heavy atom. The first-order valence-electron chi connectivity index (χ1n) is 6.58. The van der Waals surface area contributed by atoms with Crippen molar-refractivity contribution in [2.45, 2.75) is 30.4 Å². The molecule has 1 fully saturated rings. The van der Waals surface area contributed by atoms with Gasteiger partial charge >= 0.3 is 0 Å². The van der Waals surface area contributed by atoms with E-state index in [1.165, 1.54) is 16.4 Å². The first-order chi connectivity index (χ1) is 9.80. The molecule has 7 heteroatoms. The minimum absolute atomic E-state index is 0.0121. The molecule has 6 nitrogen and oxygen atoms in total. The lowest BCUT2D eigenvalue weighted by Gasteiger charge is -2.41. The first-order valence-corrected chi connectivity index (χ1v) is 8.02. The van der Waals surface area contributed by atoms with E-state index in [1.54, 1.807) is 26.0 Å². The fourth-order valence-corrected chi connectivity index (χ4v) is 4.21. The number of rotatable bonds is 3. The number of ether oxygens (including phenoxy) is 1. The number of sulfonamides is 1. The van der Waals surface area contributed by atoms with Crippen molar-refractivity contribution in [2.24, 2.45) is 0 Å². The summed E-state index contributed by atoms with van der Waals surface area (Å²) >= 11 is 0. The number of morpholine rings is 1. The second-order valence-corrected chi connectivity index (χ2v) is 7.49. The number of aliphatic hydroxyl groups is 1. The monoisotopic (exact) mass is 310 g/mol. The molecular formula is C14H18N2O4S. The van der Waals surface area contributed by atoms with E-state index < -0.39 is 21.7 Å². The molecule has 0 bridgehead atoms. The largest absolute Gasteiger partial charge is 0.394 e. The van der Waals surface area contributed by atoms with E-state index in [0.717, 1.165) is 0 Å². The van der Waals surface area contributed by atoms with Crippen molar-refractivity contribution < 1.29 is 18.3 Å². The Bertz CT molecular complexity index is 664. The lowest BCUT2D eigenvalue weighted by atomic mass is 10.1. The number of benzene rings is 1. The number of nitriles is 1. The van der Waals surface area contributed by atoms with Gasteiger partial charge in [0.05, 0.1) is 28.8 Å². The molecule has 0 saturated carbocycles. The molecule has 1 aliphatic heterocycles. The molecule has 1 saturated heterocycles. The first kappa shape index (κ1) is 15.9. The van der Waals surface area contributed by atoms with Crippen LogP contribution in [0.1, 0.15) is 19.4 Å². The van der Waals surface area contributed by atoms with Gasteiger partial charge in [0.15, 0.2) is 0 Å². The van der Waals surface area contributed by atoms with Crippen LogP contribution in [-0.4, -0.2) is 49.2 Å². The Morgan fingerprint density at radius 2 is 2.14 bits per heavy atom. The highest BCUT2D eigenvalue weighted by atomic mass is 32.2. The highest BCUT2D eigenvalue weighted by Gasteiger charge is 2.39. The number of hydrogen-bond donors (Lipinski definition) is 1. The molecule has 21 heavy (non-hydrogen) atoms. The highest BCUT2D eigenvalue weighted by molar-refractivity contribution is 7.89. The normalized spacial score (nSPS) is 22.7. The van der Waals surface area contributed by atoms with E-state index in [1.807, 2.05) is 6.07 Å². The molecule has 0 aliphatic carbocycles. The Labute approximate surface area is 124 Å². The minimum Gasteiger partial charge on any atom is -0.394 e. The van der Waals surface area contributed by atoms with Crippen molar-refractivity contribution >= 4 is 10.0 Å². The van der Waals surface area contributed by atoms with Gasteiger partial charge < -0.3 is 9.84 Å². The Hall–Kier alpha value is -1.46. The second kappa shape index (κ2) is 5.73. The molecule has 0 amide bonds. The van der Waals surface area contributed by atoms with Crippen molar-refractivity contribution in [3.05, 3.63) is 29.8 Å². The predicted octanol–water partition coefficient (Wildman–Crippen LogP) is 0.719. The van der Waals surface area contributed by atoms with Crippen LogP contribution in [0.2, 0.25) is 0 Å². The van der Waals surface area contributed by atoms with Gasteiger partial charge in [0.1, 0.15) is 6.07 Å². The molecule has 2 rings (SSSR count). The van der Waals surface area contributed by atoms with Crippen LogP contribution in [-0.2, 0) is 14.8 Å². The second-order valence-electron chi connectivity index (χ2n) is 5.59. The Kier molecular flexibility index (Phi) is 4.35. The fourth-order valence-electron chi connectivity index (χ4n) is 2.44. The molecule has 1 aromatic carbocycles. The molecule has 0 radical (unpaired) electrons. The van der Waals surface area contributed by atoms with Crippen LogP contribution in [0.3, 0.4) is 0 Å². The summed E-state index contributed by atoms with van der Waals surface area (Å²) in [7, 11) is -3.80. The average Bonchev–Trinajstić information content (AvgIpc) is 2.45. The van der Waals surface area contributed by atoms with Crippen molar-refractivity contribution in [2.75, 3.05) is 19.7 Å². The third-order valence-corrected chi connectivity index (χ3v) is 5.15. The van der Waals surface area contributed by atoms with E-state index >= 15 is 0 Å². The topological polar surface area (TPSA) is 90.6 Å². The molecule has 1 heterocycles. The Morgan fingerprint density at radius 3 is 2.76 bits per heavy atom. The molecule has 0 aromatic heterocycles. The van der Waals surface area contributed by atoms with Crippen molar-refractivity contribution in [1.29, 1.82) is 5.26 Å². The van der Waals surface area contributed by atoms with Crippen LogP contribution in [0.15, 0.2) is 29.2 Å². The zero-order valence-corrected chi connectivity index (χ0v) is 12.8. The zero-order chi connectivity index (χ0) is 15.7. The van der Waals surface area contributed by atoms with Gasteiger partial charge in [-0.3, -0.25) is 0 Å². The van der Waals surface area contributed by atoms with Gasteiger partial charge in [0.25, 0.3) is 0 Å². The van der Waals surface area contributed by atoms with Crippen LogP contribution >= 0.6 is 0 Å². The third-order valence-electron chi connectivity index (χ3n) is 3.28. The summed E-state index contributed by atoms with van der Waals surface area (Å²) in [5.74, 6) is 0. The predicted molar refractivity (Wildman–Crippen MR) is 76.0 cm³/mol. The number of nitrogens with zero attached hydrogens (tertiary/aromatic N) is 2. The summed E-state index contributed by atoms with van der Waals surface area (Å²) in [6, 6.07) is 8.00. The number of hydrogen-bond acceptors (Lipinski definition) is 5. The van der Waals surface area contributed by atoms with E-state index in [-0.39, 0.29) is 30.2 Å². The average molecular weight is 310 g/mol. The molecule has 1 aromatic rings. The Balaban J connectivity index is 2.42. The lowest BCUT2D eigenvalue weighted by Crippen LogP contribution is -2.55. The maximum absolute atomic E-state index is 12.8. The van der Waals surface area contributed by atoms with Gasteiger partial charge in [-0.05, 0) is 26.0 Å². The van der Waals surface area contributed by atoms with Gasteiger partial charge in [-0.15, -0.1) is 0 Å². The van der Waals surface area contributed by atoms with Gasteiger partial charge in [0.2, 0.25) is 10.0 Å². The van der Waals surface area contributed by atoms with Crippen molar-refractivity contribution in [1.82, 2.24) is 4.31 Å². The minimum atomic E-state index is -3.80. The lowest BCUT2D eigenvalue weighted by molar-refractivity contribution is -0.131. The smallest absolute Gasteiger partial charge is 0.244 e. The molecule has 114 valence electrons. The van der Waals surface area contributed by atoms with Gasteiger partial charge in [0, 0.05) is 13.1 Å². The maximum atomic E-state index is 12.8. The molecular weight excluding hydrogens is 292 g/mol. The van der Waals surface area contributed by atoms with Crippen LogP contribution in [0, 0.1) is 11.3 Å².